The molecule has 1 N–H and O–H groups in total. The smallest absolute Gasteiger partial charge is 0.234 e. The Morgan fingerprint density at radius 3 is 2.76 bits per heavy atom. The molecule has 0 atom stereocenters. The minimum absolute atomic E-state index is 0.0760. The first-order valence-corrected chi connectivity index (χ1v) is 8.90. The van der Waals surface area contributed by atoms with Gasteiger partial charge in [0, 0.05) is 5.69 Å². The molecular weight excluding hydrogens is 334 g/mol. The van der Waals surface area contributed by atoms with Gasteiger partial charge in [0.25, 0.3) is 0 Å². The fraction of sp³-hybridized carbons (Fsp3) is 0.222. The number of nitrogens with zero attached hydrogens (tertiary/aromatic N) is 4. The van der Waals surface area contributed by atoms with E-state index in [9.17, 15) is 4.79 Å². The van der Waals surface area contributed by atoms with Crippen LogP contribution in [-0.2, 0) is 11.3 Å². The normalized spacial score (nSPS) is 10.6. The van der Waals surface area contributed by atoms with Crippen molar-refractivity contribution in [3.05, 3.63) is 65.2 Å². The Kier molecular flexibility index (Phi) is 5.45. The monoisotopic (exact) mass is 353 g/mol. The highest BCUT2D eigenvalue weighted by atomic mass is 32.2. The number of hydrogen-bond donors (Lipinski definition) is 1. The van der Waals surface area contributed by atoms with Gasteiger partial charge in [-0.05, 0) is 47.0 Å². The van der Waals surface area contributed by atoms with Crippen LogP contribution in [0.2, 0.25) is 0 Å². The number of nitrogens with one attached hydrogen (secondary N) is 1. The Labute approximate surface area is 150 Å². The van der Waals surface area contributed by atoms with Gasteiger partial charge in [-0.1, -0.05) is 54.2 Å². The van der Waals surface area contributed by atoms with Crippen molar-refractivity contribution in [2.45, 2.75) is 25.5 Å². The molecule has 0 unspecified atom stereocenters. The van der Waals surface area contributed by atoms with Crippen molar-refractivity contribution >= 4 is 23.4 Å². The van der Waals surface area contributed by atoms with Crippen molar-refractivity contribution in [3.63, 3.8) is 0 Å². The van der Waals surface area contributed by atoms with Gasteiger partial charge in [-0.15, -0.1) is 5.10 Å². The fourth-order valence-electron chi connectivity index (χ4n) is 2.34. The maximum absolute atomic E-state index is 12.2. The molecule has 3 rings (SSSR count). The van der Waals surface area contributed by atoms with Crippen molar-refractivity contribution in [2.24, 2.45) is 0 Å². The molecule has 1 heterocycles. The average Bonchev–Trinajstić information content (AvgIpc) is 3.04. The zero-order chi connectivity index (χ0) is 17.6. The Balaban J connectivity index is 1.59. The summed E-state index contributed by atoms with van der Waals surface area (Å²) >= 11 is 1.33. The standard InChI is InChI=1S/C18H19N5OS/c1-13-8-9-14(2)16(10-13)19-17(24)12-25-18-20-21-22-23(18)11-15-6-4-3-5-7-15/h3-10H,11-12H2,1-2H3,(H,19,24). The largest absolute Gasteiger partial charge is 0.325 e. The number of amides is 1. The van der Waals surface area contributed by atoms with Crippen LogP contribution in [0.1, 0.15) is 16.7 Å². The van der Waals surface area contributed by atoms with Crippen LogP contribution in [0.25, 0.3) is 0 Å². The summed E-state index contributed by atoms with van der Waals surface area (Å²) in [6.07, 6.45) is 0. The second kappa shape index (κ2) is 7.94. The lowest BCUT2D eigenvalue weighted by Gasteiger charge is -2.09. The van der Waals surface area contributed by atoms with Gasteiger partial charge >= 0.3 is 0 Å². The molecular formula is C18H19N5OS. The van der Waals surface area contributed by atoms with E-state index in [1.54, 1.807) is 4.68 Å². The number of carbonyl (C=O) groups excluding carboxylic acids is 1. The molecule has 0 aliphatic heterocycles. The molecule has 2 aromatic carbocycles. The third-order valence-corrected chi connectivity index (χ3v) is 4.63. The number of benzene rings is 2. The first kappa shape index (κ1) is 17.2. The molecule has 0 bridgehead atoms. The molecule has 0 aliphatic rings. The van der Waals surface area contributed by atoms with E-state index < -0.39 is 0 Å². The fourth-order valence-corrected chi connectivity index (χ4v) is 3.02. The Bertz CT molecular complexity index is 863. The zero-order valence-corrected chi connectivity index (χ0v) is 15.0. The van der Waals surface area contributed by atoms with E-state index in [0.717, 1.165) is 22.4 Å². The van der Waals surface area contributed by atoms with Crippen LogP contribution < -0.4 is 5.32 Å². The van der Waals surface area contributed by atoms with Gasteiger partial charge in [0.2, 0.25) is 11.1 Å². The summed E-state index contributed by atoms with van der Waals surface area (Å²) in [5, 5.41) is 15.3. The SMILES string of the molecule is Cc1ccc(C)c(NC(=O)CSc2nnnn2Cc2ccccc2)c1. The third kappa shape index (κ3) is 4.67. The second-order valence-corrected chi connectivity index (χ2v) is 6.70. The van der Waals surface area contributed by atoms with Crippen LogP contribution >= 0.6 is 11.8 Å². The number of aryl methyl sites for hydroxylation is 2. The molecule has 128 valence electrons. The predicted molar refractivity (Wildman–Crippen MR) is 98.6 cm³/mol. The lowest BCUT2D eigenvalue weighted by molar-refractivity contribution is -0.113. The quantitative estimate of drug-likeness (QED) is 0.690. The number of tetrazole rings is 1. The van der Waals surface area contributed by atoms with Crippen molar-refractivity contribution < 1.29 is 4.79 Å². The van der Waals surface area contributed by atoms with Gasteiger partial charge < -0.3 is 5.32 Å². The van der Waals surface area contributed by atoms with Crippen LogP contribution in [0.4, 0.5) is 5.69 Å². The van der Waals surface area contributed by atoms with Gasteiger partial charge in [-0.25, -0.2) is 4.68 Å². The Morgan fingerprint density at radius 2 is 1.96 bits per heavy atom. The molecule has 0 spiro atoms. The predicted octanol–water partition coefficient (Wildman–Crippen LogP) is 3.07. The molecule has 1 amide bonds. The molecule has 1 aromatic heterocycles. The molecule has 0 saturated carbocycles. The number of anilines is 1. The number of carbonyl (C=O) groups is 1. The van der Waals surface area contributed by atoms with Crippen molar-refractivity contribution in [2.75, 3.05) is 11.1 Å². The summed E-state index contributed by atoms with van der Waals surface area (Å²) in [4.78, 5) is 12.2. The summed E-state index contributed by atoms with van der Waals surface area (Å²) < 4.78 is 1.70. The first-order chi connectivity index (χ1) is 12.1. The van der Waals surface area contributed by atoms with E-state index in [2.05, 4.69) is 20.8 Å². The molecule has 7 heteroatoms. The highest BCUT2D eigenvalue weighted by Crippen LogP contribution is 2.19. The maximum Gasteiger partial charge on any atom is 0.234 e. The lowest BCUT2D eigenvalue weighted by Crippen LogP contribution is -2.15. The van der Waals surface area contributed by atoms with E-state index >= 15 is 0 Å². The number of thioether (sulfide) groups is 1. The van der Waals surface area contributed by atoms with E-state index in [0.29, 0.717) is 11.7 Å². The average molecular weight is 353 g/mol. The maximum atomic E-state index is 12.2. The van der Waals surface area contributed by atoms with E-state index in [1.165, 1.54) is 11.8 Å². The summed E-state index contributed by atoms with van der Waals surface area (Å²) in [6, 6.07) is 15.9. The van der Waals surface area contributed by atoms with E-state index in [-0.39, 0.29) is 11.7 Å². The highest BCUT2D eigenvalue weighted by Gasteiger charge is 2.11. The van der Waals surface area contributed by atoms with Gasteiger partial charge in [-0.3, -0.25) is 4.79 Å². The molecule has 0 fully saturated rings. The molecule has 0 saturated heterocycles. The van der Waals surface area contributed by atoms with Crippen LogP contribution in [0.15, 0.2) is 53.7 Å². The lowest BCUT2D eigenvalue weighted by atomic mass is 10.1. The molecule has 3 aromatic rings. The van der Waals surface area contributed by atoms with Gasteiger partial charge in [-0.2, -0.15) is 0 Å². The summed E-state index contributed by atoms with van der Waals surface area (Å²) in [6.45, 7) is 4.55. The zero-order valence-electron chi connectivity index (χ0n) is 14.1. The van der Waals surface area contributed by atoms with Crippen LogP contribution in [0, 0.1) is 13.8 Å². The third-order valence-electron chi connectivity index (χ3n) is 3.67. The second-order valence-electron chi connectivity index (χ2n) is 5.76. The van der Waals surface area contributed by atoms with Gasteiger partial charge in [0.15, 0.2) is 0 Å². The molecule has 0 radical (unpaired) electrons. The van der Waals surface area contributed by atoms with Gasteiger partial charge in [0.1, 0.15) is 0 Å². The number of hydrogen-bond acceptors (Lipinski definition) is 5. The summed E-state index contributed by atoms with van der Waals surface area (Å²) in [7, 11) is 0. The topological polar surface area (TPSA) is 72.7 Å². The Morgan fingerprint density at radius 1 is 1.16 bits per heavy atom. The number of rotatable bonds is 6. The summed E-state index contributed by atoms with van der Waals surface area (Å²) in [5.41, 5.74) is 4.10. The van der Waals surface area contributed by atoms with Crippen molar-refractivity contribution in [3.8, 4) is 0 Å². The van der Waals surface area contributed by atoms with Crippen molar-refractivity contribution in [1.82, 2.24) is 20.2 Å². The van der Waals surface area contributed by atoms with Gasteiger partial charge in [0.05, 0.1) is 12.3 Å². The minimum atomic E-state index is -0.0760. The van der Waals surface area contributed by atoms with E-state index in [4.69, 9.17) is 0 Å². The molecule has 0 aliphatic carbocycles. The first-order valence-electron chi connectivity index (χ1n) is 7.92. The summed E-state index contributed by atoms with van der Waals surface area (Å²) in [5.74, 6) is 0.177. The van der Waals surface area contributed by atoms with E-state index in [1.807, 2.05) is 62.4 Å². The van der Waals surface area contributed by atoms with Crippen molar-refractivity contribution in [1.29, 1.82) is 0 Å². The molecule has 25 heavy (non-hydrogen) atoms. The van der Waals surface area contributed by atoms with Crippen LogP contribution in [-0.4, -0.2) is 31.9 Å². The minimum Gasteiger partial charge on any atom is -0.325 e. The number of aromatic nitrogens is 4. The highest BCUT2D eigenvalue weighted by molar-refractivity contribution is 7.99. The van der Waals surface area contributed by atoms with Crippen LogP contribution in [0.3, 0.4) is 0 Å². The Hall–Kier alpha value is -2.67. The molecule has 6 nitrogen and oxygen atoms in total. The van der Waals surface area contributed by atoms with Crippen LogP contribution in [0.5, 0.6) is 0 Å².